The molecule has 2 rings (SSSR count). The largest absolute Gasteiger partial charge is 0.362 e. The van der Waals surface area contributed by atoms with Gasteiger partial charge in [0.1, 0.15) is 5.84 Å². The van der Waals surface area contributed by atoms with Crippen LogP contribution in [0.4, 0.5) is 5.69 Å². The fraction of sp³-hybridized carbons (Fsp3) is 0.467. The van der Waals surface area contributed by atoms with Crippen LogP contribution in [-0.2, 0) is 14.8 Å². The number of benzene rings is 1. The lowest BCUT2D eigenvalue weighted by atomic mass is 10.2. The summed E-state index contributed by atoms with van der Waals surface area (Å²) < 4.78 is 28.8. The third kappa shape index (κ3) is 4.30. The SMILES string of the molecule is CC(=O)Nc1ccc(S(=O)(=O)N=C2CCCCCN2C)cc1. The second-order valence-electron chi connectivity index (χ2n) is 5.42. The Bertz CT molecular complexity index is 666. The summed E-state index contributed by atoms with van der Waals surface area (Å²) in [4.78, 5) is 13.0. The van der Waals surface area contributed by atoms with Gasteiger partial charge in [-0.25, -0.2) is 0 Å². The molecular weight excluding hydrogens is 302 g/mol. The Balaban J connectivity index is 2.24. The second-order valence-corrected chi connectivity index (χ2v) is 7.02. The zero-order valence-electron chi connectivity index (χ0n) is 12.9. The summed E-state index contributed by atoms with van der Waals surface area (Å²) in [6.07, 6.45) is 3.79. The summed E-state index contributed by atoms with van der Waals surface area (Å²) in [7, 11) is -1.85. The predicted molar refractivity (Wildman–Crippen MR) is 86.5 cm³/mol. The molecule has 0 radical (unpaired) electrons. The van der Waals surface area contributed by atoms with E-state index < -0.39 is 10.0 Å². The zero-order chi connectivity index (χ0) is 16.2. The molecule has 0 saturated carbocycles. The molecule has 1 aliphatic heterocycles. The molecule has 0 aromatic heterocycles. The maximum Gasteiger partial charge on any atom is 0.283 e. The fourth-order valence-electron chi connectivity index (χ4n) is 2.35. The molecule has 0 aliphatic carbocycles. The van der Waals surface area contributed by atoms with E-state index >= 15 is 0 Å². The van der Waals surface area contributed by atoms with Crippen molar-refractivity contribution in [3.05, 3.63) is 24.3 Å². The van der Waals surface area contributed by atoms with Gasteiger partial charge in [-0.1, -0.05) is 6.42 Å². The van der Waals surface area contributed by atoms with E-state index in [9.17, 15) is 13.2 Å². The van der Waals surface area contributed by atoms with Crippen LogP contribution in [0.1, 0.15) is 32.6 Å². The normalized spacial score (nSPS) is 18.1. The molecule has 1 N–H and O–H groups in total. The number of amides is 1. The van der Waals surface area contributed by atoms with Gasteiger partial charge in [0, 0.05) is 32.6 Å². The van der Waals surface area contributed by atoms with Gasteiger partial charge in [0.15, 0.2) is 0 Å². The molecule has 0 bridgehead atoms. The van der Waals surface area contributed by atoms with Crippen LogP contribution in [0, 0.1) is 0 Å². The Labute approximate surface area is 131 Å². The lowest BCUT2D eigenvalue weighted by Gasteiger charge is -2.17. The second kappa shape index (κ2) is 6.91. The molecular formula is C15H21N3O3S. The van der Waals surface area contributed by atoms with E-state index in [1.807, 2.05) is 11.9 Å². The first kappa shape index (κ1) is 16.5. The molecule has 6 nitrogen and oxygen atoms in total. The number of amidine groups is 1. The molecule has 1 aliphatic rings. The standard InChI is InChI=1S/C15H21N3O3S/c1-12(19)16-13-7-9-14(10-8-13)22(20,21)17-15-6-4-3-5-11-18(15)2/h7-10H,3-6,11H2,1-2H3,(H,16,19). The van der Waals surface area contributed by atoms with Crippen molar-refractivity contribution in [2.75, 3.05) is 18.9 Å². The third-order valence-corrected chi connectivity index (χ3v) is 4.85. The van der Waals surface area contributed by atoms with E-state index in [0.29, 0.717) is 17.9 Å². The Morgan fingerprint density at radius 1 is 1.18 bits per heavy atom. The summed E-state index contributed by atoms with van der Waals surface area (Å²) in [6.45, 7) is 2.23. The maximum absolute atomic E-state index is 12.4. The molecule has 1 heterocycles. The number of rotatable bonds is 3. The number of nitrogens with zero attached hydrogens (tertiary/aromatic N) is 2. The first-order valence-electron chi connectivity index (χ1n) is 7.31. The van der Waals surface area contributed by atoms with E-state index in [1.165, 1.54) is 19.1 Å². The summed E-state index contributed by atoms with van der Waals surface area (Å²) in [5.74, 6) is 0.416. The molecule has 0 atom stereocenters. The van der Waals surface area contributed by atoms with Gasteiger partial charge in [-0.05, 0) is 37.1 Å². The van der Waals surface area contributed by atoms with Gasteiger partial charge < -0.3 is 10.2 Å². The quantitative estimate of drug-likeness (QED) is 0.925. The van der Waals surface area contributed by atoms with Crippen LogP contribution in [0.15, 0.2) is 33.6 Å². The first-order valence-corrected chi connectivity index (χ1v) is 8.75. The Morgan fingerprint density at radius 3 is 2.50 bits per heavy atom. The number of anilines is 1. The van der Waals surface area contributed by atoms with Crippen molar-refractivity contribution in [2.45, 2.75) is 37.5 Å². The minimum absolute atomic E-state index is 0.131. The number of likely N-dealkylation sites (tertiary alicyclic amines) is 1. The molecule has 1 saturated heterocycles. The van der Waals surface area contributed by atoms with E-state index in [-0.39, 0.29) is 10.8 Å². The van der Waals surface area contributed by atoms with E-state index in [0.717, 1.165) is 25.8 Å². The highest BCUT2D eigenvalue weighted by Gasteiger charge is 2.18. The predicted octanol–water partition coefficient (Wildman–Crippen LogP) is 2.24. The molecule has 7 heteroatoms. The highest BCUT2D eigenvalue weighted by molar-refractivity contribution is 7.90. The van der Waals surface area contributed by atoms with Crippen molar-refractivity contribution in [3.63, 3.8) is 0 Å². The minimum Gasteiger partial charge on any atom is -0.362 e. The van der Waals surface area contributed by atoms with Crippen molar-refractivity contribution in [1.29, 1.82) is 0 Å². The van der Waals surface area contributed by atoms with Crippen molar-refractivity contribution in [3.8, 4) is 0 Å². The van der Waals surface area contributed by atoms with Crippen molar-refractivity contribution >= 4 is 27.5 Å². The van der Waals surface area contributed by atoms with Crippen LogP contribution in [0.2, 0.25) is 0 Å². The summed E-state index contributed by atoms with van der Waals surface area (Å²) in [5, 5.41) is 2.60. The molecule has 1 fully saturated rings. The highest BCUT2D eigenvalue weighted by atomic mass is 32.2. The number of carbonyl (C=O) groups is 1. The first-order chi connectivity index (χ1) is 10.4. The van der Waals surface area contributed by atoms with Crippen molar-refractivity contribution in [2.24, 2.45) is 4.40 Å². The summed E-state index contributed by atoms with van der Waals surface area (Å²) >= 11 is 0. The molecule has 0 unspecified atom stereocenters. The molecule has 120 valence electrons. The summed E-state index contributed by atoms with van der Waals surface area (Å²) in [5.41, 5.74) is 0.561. The van der Waals surface area contributed by atoms with Gasteiger partial charge in [-0.3, -0.25) is 4.79 Å². The van der Waals surface area contributed by atoms with Crippen LogP contribution < -0.4 is 5.32 Å². The lowest BCUT2D eigenvalue weighted by Crippen LogP contribution is -2.26. The Hall–Kier alpha value is -1.89. The smallest absolute Gasteiger partial charge is 0.283 e. The average Bonchev–Trinajstić information content (AvgIpc) is 2.64. The van der Waals surface area contributed by atoms with Gasteiger partial charge >= 0.3 is 0 Å². The summed E-state index contributed by atoms with van der Waals surface area (Å²) in [6, 6.07) is 6.04. The van der Waals surface area contributed by atoms with E-state index in [1.54, 1.807) is 12.1 Å². The van der Waals surface area contributed by atoms with Gasteiger partial charge in [0.05, 0.1) is 4.90 Å². The van der Waals surface area contributed by atoms with Crippen LogP contribution in [0.5, 0.6) is 0 Å². The number of hydrogen-bond donors (Lipinski definition) is 1. The Morgan fingerprint density at radius 2 is 1.86 bits per heavy atom. The zero-order valence-corrected chi connectivity index (χ0v) is 13.7. The van der Waals surface area contributed by atoms with Crippen LogP contribution >= 0.6 is 0 Å². The molecule has 1 aromatic carbocycles. The topological polar surface area (TPSA) is 78.8 Å². The number of nitrogens with one attached hydrogen (secondary N) is 1. The van der Waals surface area contributed by atoms with Crippen LogP contribution in [0.25, 0.3) is 0 Å². The van der Waals surface area contributed by atoms with Crippen LogP contribution in [-0.4, -0.2) is 38.7 Å². The fourth-order valence-corrected chi connectivity index (χ4v) is 3.44. The third-order valence-electron chi connectivity index (χ3n) is 3.53. The van der Waals surface area contributed by atoms with Gasteiger partial charge in [0.25, 0.3) is 10.0 Å². The number of hydrogen-bond acceptors (Lipinski definition) is 3. The maximum atomic E-state index is 12.4. The molecule has 1 amide bonds. The van der Waals surface area contributed by atoms with Gasteiger partial charge in [-0.2, -0.15) is 8.42 Å². The van der Waals surface area contributed by atoms with Crippen molar-refractivity contribution < 1.29 is 13.2 Å². The average molecular weight is 323 g/mol. The van der Waals surface area contributed by atoms with Gasteiger partial charge in [0.2, 0.25) is 5.91 Å². The molecule has 0 spiro atoms. The molecule has 1 aromatic rings. The van der Waals surface area contributed by atoms with Gasteiger partial charge in [-0.15, -0.1) is 4.40 Å². The van der Waals surface area contributed by atoms with E-state index in [4.69, 9.17) is 0 Å². The highest BCUT2D eigenvalue weighted by Crippen LogP contribution is 2.19. The minimum atomic E-state index is -3.72. The Kier molecular flexibility index (Phi) is 5.18. The number of sulfonamides is 1. The van der Waals surface area contributed by atoms with Crippen LogP contribution in [0.3, 0.4) is 0 Å². The lowest BCUT2D eigenvalue weighted by molar-refractivity contribution is -0.114. The van der Waals surface area contributed by atoms with Crippen molar-refractivity contribution in [1.82, 2.24) is 4.90 Å². The monoisotopic (exact) mass is 323 g/mol. The van der Waals surface area contributed by atoms with E-state index in [2.05, 4.69) is 9.71 Å². The number of carbonyl (C=O) groups excluding carboxylic acids is 1. The molecule has 22 heavy (non-hydrogen) atoms.